The zero-order chi connectivity index (χ0) is 26.4. The number of ether oxygens (including phenoxy) is 2. The highest BCUT2D eigenvalue weighted by Crippen LogP contribution is 2.86. The van der Waals surface area contributed by atoms with Crippen LogP contribution in [0.5, 0.6) is 0 Å². The number of carbonyl (C=O) groups is 2. The molecule has 5 rings (SSSR count). The molecule has 1 saturated heterocycles. The molecule has 4 saturated carbocycles. The smallest absolute Gasteiger partial charge is 0.333 e. The van der Waals surface area contributed by atoms with E-state index in [1.165, 1.54) is 19.3 Å². The van der Waals surface area contributed by atoms with Crippen molar-refractivity contribution in [1.29, 1.82) is 0 Å². The molecule has 0 N–H and O–H groups in total. The van der Waals surface area contributed by atoms with Crippen LogP contribution < -0.4 is 0 Å². The summed E-state index contributed by atoms with van der Waals surface area (Å²) in [4.78, 5) is 24.9. The molecule has 0 aromatic rings. The maximum Gasteiger partial charge on any atom is 0.333 e. The van der Waals surface area contributed by atoms with Crippen LogP contribution in [0.2, 0.25) is 0 Å². The Morgan fingerprint density at radius 2 is 1.75 bits per heavy atom. The first-order chi connectivity index (χ1) is 16.8. The molecule has 5 aliphatic rings. The minimum atomic E-state index is -0.233. The minimum absolute atomic E-state index is 0.0103. The highest BCUT2D eigenvalue weighted by Gasteiger charge is 2.90. The van der Waals surface area contributed by atoms with Crippen molar-refractivity contribution in [2.45, 2.75) is 131 Å². The van der Waals surface area contributed by atoms with Gasteiger partial charge >= 0.3 is 5.97 Å². The molecule has 1 heterocycles. The molecular formula is C32H50O4. The van der Waals surface area contributed by atoms with Gasteiger partial charge < -0.3 is 9.47 Å². The molecule has 36 heavy (non-hydrogen) atoms. The van der Waals surface area contributed by atoms with E-state index in [1.807, 2.05) is 13.8 Å². The number of esters is 1. The van der Waals surface area contributed by atoms with E-state index < -0.39 is 0 Å². The third-order valence-electron chi connectivity index (χ3n) is 13.2. The lowest BCUT2D eigenvalue weighted by atomic mass is 9.38. The summed E-state index contributed by atoms with van der Waals surface area (Å²) in [6.45, 7) is 18.7. The summed E-state index contributed by atoms with van der Waals surface area (Å²) in [7, 11) is 0. The van der Waals surface area contributed by atoms with Crippen molar-refractivity contribution in [2.75, 3.05) is 6.61 Å². The standard InChI is InChI=1S/C32H50O4/c1-9-35-26(34)22(3)12-10-11-21(2)23-13-17-30(8)28(23,6)19-20-31-29(7)16-15-25(33)27(4,5)24(29)14-18-32(30,31)36-31/h12,21,23-24H,9-11,13-20H2,1-8H3/b22-12-/t21-,23-,24?,28-,29+,30-,31?,32?/m1/s1. The number of fused-ring (bicyclic) bond motifs is 2. The summed E-state index contributed by atoms with van der Waals surface area (Å²) >= 11 is 0. The van der Waals surface area contributed by atoms with Crippen LogP contribution >= 0.6 is 0 Å². The second kappa shape index (κ2) is 8.17. The molecule has 0 spiro atoms. The maximum atomic E-state index is 12.9. The van der Waals surface area contributed by atoms with Crippen LogP contribution in [0, 0.1) is 39.4 Å². The van der Waals surface area contributed by atoms with Crippen LogP contribution in [0.1, 0.15) is 120 Å². The van der Waals surface area contributed by atoms with Gasteiger partial charge in [0.2, 0.25) is 0 Å². The number of allylic oxidation sites excluding steroid dienone is 1. The molecule has 0 radical (unpaired) electrons. The van der Waals surface area contributed by atoms with E-state index in [0.717, 1.165) is 44.1 Å². The molecule has 4 heteroatoms. The van der Waals surface area contributed by atoms with Gasteiger partial charge in [-0.2, -0.15) is 0 Å². The van der Waals surface area contributed by atoms with Crippen LogP contribution in [0.15, 0.2) is 11.6 Å². The molecule has 0 bridgehead atoms. The van der Waals surface area contributed by atoms with Crippen LogP contribution in [-0.2, 0) is 19.1 Å². The van der Waals surface area contributed by atoms with Crippen molar-refractivity contribution >= 4 is 11.8 Å². The third-order valence-corrected chi connectivity index (χ3v) is 13.2. The Hall–Kier alpha value is -1.16. The van der Waals surface area contributed by atoms with Crippen molar-refractivity contribution in [3.63, 3.8) is 0 Å². The zero-order valence-electron chi connectivity index (χ0n) is 24.2. The Bertz CT molecular complexity index is 981. The lowest BCUT2D eigenvalue weighted by Gasteiger charge is -2.62. The number of ketones is 1. The van der Waals surface area contributed by atoms with Crippen molar-refractivity contribution in [3.8, 4) is 0 Å². The summed E-state index contributed by atoms with van der Waals surface area (Å²) in [5, 5.41) is 0. The van der Waals surface area contributed by atoms with Gasteiger partial charge in [-0.25, -0.2) is 4.79 Å². The van der Waals surface area contributed by atoms with Crippen LogP contribution in [-0.4, -0.2) is 29.6 Å². The molecule has 1 aliphatic heterocycles. The molecule has 4 nitrogen and oxygen atoms in total. The highest BCUT2D eigenvalue weighted by atomic mass is 16.6. The van der Waals surface area contributed by atoms with Gasteiger partial charge in [-0.1, -0.05) is 47.6 Å². The Kier molecular flexibility index (Phi) is 6.00. The van der Waals surface area contributed by atoms with Crippen molar-refractivity contribution in [2.24, 2.45) is 39.4 Å². The topological polar surface area (TPSA) is 55.9 Å². The molecule has 0 amide bonds. The number of hydrogen-bond donors (Lipinski definition) is 0. The fourth-order valence-corrected chi connectivity index (χ4v) is 10.9. The van der Waals surface area contributed by atoms with Gasteiger partial charge in [-0.05, 0) is 94.8 Å². The number of epoxide rings is 1. The molecule has 8 atom stereocenters. The number of rotatable bonds is 6. The average Bonchev–Trinajstić information content (AvgIpc) is 3.45. The second-order valence-corrected chi connectivity index (χ2v) is 14.5. The number of hydrogen-bond acceptors (Lipinski definition) is 4. The second-order valence-electron chi connectivity index (χ2n) is 14.5. The molecule has 0 aromatic heterocycles. The Labute approximate surface area is 219 Å². The van der Waals surface area contributed by atoms with Crippen LogP contribution in [0.4, 0.5) is 0 Å². The van der Waals surface area contributed by atoms with Gasteiger partial charge in [0, 0.05) is 28.2 Å². The summed E-state index contributed by atoms with van der Waals surface area (Å²) in [5.74, 6) is 2.01. The quantitative estimate of drug-likeness (QED) is 0.217. The third kappa shape index (κ3) is 3.03. The maximum absolute atomic E-state index is 12.9. The number of carbonyl (C=O) groups excluding carboxylic acids is 2. The van der Waals surface area contributed by atoms with E-state index in [2.05, 4.69) is 47.6 Å². The number of Topliss-reactive ketones (excluding diaryl/α,β-unsaturated/α-hetero) is 1. The molecule has 0 aromatic carbocycles. The van der Waals surface area contributed by atoms with Gasteiger partial charge in [0.25, 0.3) is 0 Å². The first-order valence-electron chi connectivity index (χ1n) is 14.8. The first kappa shape index (κ1) is 26.4. The zero-order valence-corrected chi connectivity index (χ0v) is 24.2. The first-order valence-corrected chi connectivity index (χ1v) is 14.8. The van der Waals surface area contributed by atoms with Gasteiger partial charge in [-0.15, -0.1) is 0 Å². The predicted molar refractivity (Wildman–Crippen MR) is 142 cm³/mol. The predicted octanol–water partition coefficient (Wildman–Crippen LogP) is 7.44. The van der Waals surface area contributed by atoms with Crippen LogP contribution in [0.3, 0.4) is 0 Å². The largest absolute Gasteiger partial charge is 0.463 e. The van der Waals surface area contributed by atoms with E-state index in [-0.39, 0.29) is 38.8 Å². The SMILES string of the molecule is CCOC(=O)/C(C)=C\CC[C@@H](C)[C@H]1CC[C@@]2(C)C34CCC5C(C)(C)C(=O)CC[C@]5(C)C3(CC[C@]12C)O4. The van der Waals surface area contributed by atoms with Crippen molar-refractivity contribution in [3.05, 3.63) is 11.6 Å². The molecular weight excluding hydrogens is 448 g/mol. The Morgan fingerprint density at radius 1 is 1.03 bits per heavy atom. The summed E-state index contributed by atoms with van der Waals surface area (Å²) in [6.07, 6.45) is 13.0. The summed E-state index contributed by atoms with van der Waals surface area (Å²) < 4.78 is 12.4. The molecule has 4 aliphatic carbocycles. The lowest BCUT2D eigenvalue weighted by Crippen LogP contribution is -2.65. The minimum Gasteiger partial charge on any atom is -0.463 e. The summed E-state index contributed by atoms with van der Waals surface area (Å²) in [5.41, 5.74) is 1.02. The monoisotopic (exact) mass is 498 g/mol. The van der Waals surface area contributed by atoms with E-state index in [1.54, 1.807) is 0 Å². The van der Waals surface area contributed by atoms with E-state index in [0.29, 0.717) is 36.6 Å². The van der Waals surface area contributed by atoms with Gasteiger partial charge in [0.05, 0.1) is 6.61 Å². The normalized spacial score (nSPS) is 47.8. The fourth-order valence-electron chi connectivity index (χ4n) is 10.9. The van der Waals surface area contributed by atoms with E-state index >= 15 is 0 Å². The lowest BCUT2D eigenvalue weighted by molar-refractivity contribution is -0.154. The van der Waals surface area contributed by atoms with Crippen molar-refractivity contribution < 1.29 is 19.1 Å². The van der Waals surface area contributed by atoms with E-state index in [4.69, 9.17) is 9.47 Å². The highest BCUT2D eigenvalue weighted by molar-refractivity contribution is 5.87. The molecule has 202 valence electrons. The Balaban J connectivity index is 1.36. The van der Waals surface area contributed by atoms with Crippen LogP contribution in [0.25, 0.3) is 0 Å². The van der Waals surface area contributed by atoms with E-state index in [9.17, 15) is 9.59 Å². The Morgan fingerprint density at radius 3 is 2.44 bits per heavy atom. The van der Waals surface area contributed by atoms with Crippen molar-refractivity contribution in [1.82, 2.24) is 0 Å². The molecule has 5 fully saturated rings. The van der Waals surface area contributed by atoms with Gasteiger partial charge in [0.1, 0.15) is 17.0 Å². The van der Waals surface area contributed by atoms with Gasteiger partial charge in [-0.3, -0.25) is 4.79 Å². The molecule has 3 unspecified atom stereocenters. The average molecular weight is 499 g/mol. The fraction of sp³-hybridized carbons (Fsp3) is 0.875. The summed E-state index contributed by atoms with van der Waals surface area (Å²) in [6, 6.07) is 0. The van der Waals surface area contributed by atoms with Gasteiger partial charge in [0.15, 0.2) is 0 Å².